The van der Waals surface area contributed by atoms with Crippen LogP contribution in [0.5, 0.6) is 0 Å². The molecule has 2 rings (SSSR count). The Labute approximate surface area is 116 Å². The number of thiazole rings is 1. The molecule has 1 N–H and O–H groups in total. The van der Waals surface area contributed by atoms with E-state index in [-0.39, 0.29) is 5.92 Å². The standard InChI is InChI=1S/C13H19NO2S2/c1-8(2)6-17-7-11-14-12-9(13(15)16)4-3-5-10(12)18-11/h8-9H,3-7H2,1-2H3,(H,15,16). The van der Waals surface area contributed by atoms with Crippen LogP contribution >= 0.6 is 23.1 Å². The van der Waals surface area contributed by atoms with Gasteiger partial charge < -0.3 is 5.11 Å². The van der Waals surface area contributed by atoms with E-state index in [0.717, 1.165) is 41.5 Å². The van der Waals surface area contributed by atoms with Crippen LogP contribution in [0, 0.1) is 5.92 Å². The summed E-state index contributed by atoms with van der Waals surface area (Å²) in [5.41, 5.74) is 0.846. The van der Waals surface area contributed by atoms with Crippen LogP contribution in [0.25, 0.3) is 0 Å². The van der Waals surface area contributed by atoms with Gasteiger partial charge in [0, 0.05) is 10.6 Å². The van der Waals surface area contributed by atoms with Gasteiger partial charge in [0.2, 0.25) is 0 Å². The maximum Gasteiger partial charge on any atom is 0.312 e. The van der Waals surface area contributed by atoms with Gasteiger partial charge in [0.15, 0.2) is 0 Å². The fourth-order valence-electron chi connectivity index (χ4n) is 2.15. The Balaban J connectivity index is 2.05. The van der Waals surface area contributed by atoms with Gasteiger partial charge in [-0.2, -0.15) is 11.8 Å². The van der Waals surface area contributed by atoms with Crippen LogP contribution in [0.2, 0.25) is 0 Å². The van der Waals surface area contributed by atoms with Gasteiger partial charge in [-0.3, -0.25) is 4.79 Å². The lowest BCUT2D eigenvalue weighted by molar-refractivity contribution is -0.139. The van der Waals surface area contributed by atoms with Crippen molar-refractivity contribution in [3.05, 3.63) is 15.6 Å². The van der Waals surface area contributed by atoms with Crippen LogP contribution in [0.15, 0.2) is 0 Å². The number of carbonyl (C=O) groups is 1. The maximum atomic E-state index is 11.2. The summed E-state index contributed by atoms with van der Waals surface area (Å²) in [5.74, 6) is 1.65. The van der Waals surface area contributed by atoms with Gasteiger partial charge in [-0.15, -0.1) is 11.3 Å². The third kappa shape index (κ3) is 3.26. The summed E-state index contributed by atoms with van der Waals surface area (Å²) in [6.45, 7) is 4.42. The average Bonchev–Trinajstić information content (AvgIpc) is 2.70. The highest BCUT2D eigenvalue weighted by molar-refractivity contribution is 7.98. The molecule has 0 aliphatic heterocycles. The lowest BCUT2D eigenvalue weighted by Gasteiger charge is -2.16. The number of fused-ring (bicyclic) bond motifs is 1. The Hall–Kier alpha value is -0.550. The van der Waals surface area contributed by atoms with Crippen molar-refractivity contribution in [2.24, 2.45) is 5.92 Å². The molecule has 100 valence electrons. The van der Waals surface area contributed by atoms with Crippen LogP contribution in [0.4, 0.5) is 0 Å². The van der Waals surface area contributed by atoms with E-state index >= 15 is 0 Å². The zero-order chi connectivity index (χ0) is 13.1. The van der Waals surface area contributed by atoms with Gasteiger partial charge >= 0.3 is 5.97 Å². The summed E-state index contributed by atoms with van der Waals surface area (Å²) in [6.07, 6.45) is 2.72. The normalized spacial score (nSPS) is 18.9. The summed E-state index contributed by atoms with van der Waals surface area (Å²) in [5, 5.41) is 10.3. The molecule has 1 heterocycles. The van der Waals surface area contributed by atoms with Crippen molar-refractivity contribution in [2.75, 3.05) is 5.75 Å². The molecule has 1 unspecified atom stereocenters. The molecule has 3 nitrogen and oxygen atoms in total. The lowest BCUT2D eigenvalue weighted by Crippen LogP contribution is -2.17. The molecule has 5 heteroatoms. The third-order valence-electron chi connectivity index (χ3n) is 2.97. The first-order valence-electron chi connectivity index (χ1n) is 6.37. The van der Waals surface area contributed by atoms with Crippen LogP contribution in [-0.4, -0.2) is 21.8 Å². The summed E-state index contributed by atoms with van der Waals surface area (Å²) in [7, 11) is 0. The molecule has 1 aromatic heterocycles. The fourth-order valence-corrected chi connectivity index (χ4v) is 4.43. The molecule has 0 bridgehead atoms. The quantitative estimate of drug-likeness (QED) is 0.899. The summed E-state index contributed by atoms with van der Waals surface area (Å²) in [6, 6.07) is 0. The lowest BCUT2D eigenvalue weighted by atomic mass is 9.91. The average molecular weight is 285 g/mol. The van der Waals surface area contributed by atoms with Crippen molar-refractivity contribution < 1.29 is 9.90 Å². The summed E-state index contributed by atoms with van der Waals surface area (Å²) in [4.78, 5) is 17.0. The Morgan fingerprint density at radius 2 is 2.39 bits per heavy atom. The Bertz CT molecular complexity index is 429. The van der Waals surface area contributed by atoms with Gasteiger partial charge in [-0.05, 0) is 30.9 Å². The van der Waals surface area contributed by atoms with E-state index in [9.17, 15) is 9.90 Å². The largest absolute Gasteiger partial charge is 0.481 e. The van der Waals surface area contributed by atoms with E-state index in [1.54, 1.807) is 11.3 Å². The Kier molecular flexibility index (Phi) is 4.67. The van der Waals surface area contributed by atoms with Crippen molar-refractivity contribution in [1.82, 2.24) is 4.98 Å². The second-order valence-electron chi connectivity index (χ2n) is 5.11. The molecule has 1 atom stereocenters. The number of carboxylic acid groups (broad SMARTS) is 1. The zero-order valence-electron chi connectivity index (χ0n) is 10.8. The predicted molar refractivity (Wildman–Crippen MR) is 76.4 cm³/mol. The van der Waals surface area contributed by atoms with E-state index < -0.39 is 5.97 Å². The molecule has 1 aromatic rings. The minimum Gasteiger partial charge on any atom is -0.481 e. The Morgan fingerprint density at radius 1 is 1.61 bits per heavy atom. The highest BCUT2D eigenvalue weighted by atomic mass is 32.2. The van der Waals surface area contributed by atoms with Crippen molar-refractivity contribution >= 4 is 29.1 Å². The second kappa shape index (κ2) is 6.06. The molecule has 0 saturated carbocycles. The predicted octanol–water partition coefficient (Wildman–Crippen LogP) is 3.54. The van der Waals surface area contributed by atoms with Gasteiger partial charge in [0.1, 0.15) is 5.01 Å². The number of rotatable bonds is 5. The first kappa shape index (κ1) is 13.9. The number of aryl methyl sites for hydroxylation is 1. The smallest absolute Gasteiger partial charge is 0.312 e. The van der Waals surface area contributed by atoms with Gasteiger partial charge in [-0.1, -0.05) is 13.8 Å². The van der Waals surface area contributed by atoms with Gasteiger partial charge in [0.25, 0.3) is 0 Å². The molecule has 0 saturated heterocycles. The number of aromatic nitrogens is 1. The first-order valence-corrected chi connectivity index (χ1v) is 8.34. The van der Waals surface area contributed by atoms with Crippen LogP contribution in [0.1, 0.15) is 48.2 Å². The third-order valence-corrected chi connectivity index (χ3v) is 5.67. The second-order valence-corrected chi connectivity index (χ2v) is 7.31. The summed E-state index contributed by atoms with van der Waals surface area (Å²) >= 11 is 3.60. The SMILES string of the molecule is CC(C)CSCc1nc2c(s1)CCCC2C(=O)O. The maximum absolute atomic E-state index is 11.2. The van der Waals surface area contributed by atoms with E-state index in [2.05, 4.69) is 18.8 Å². The highest BCUT2D eigenvalue weighted by Crippen LogP contribution is 2.36. The molecular weight excluding hydrogens is 266 g/mol. The molecule has 0 amide bonds. The molecule has 18 heavy (non-hydrogen) atoms. The summed E-state index contributed by atoms with van der Waals surface area (Å²) < 4.78 is 0. The van der Waals surface area contributed by atoms with Gasteiger partial charge in [-0.25, -0.2) is 4.98 Å². The highest BCUT2D eigenvalue weighted by Gasteiger charge is 2.29. The van der Waals surface area contributed by atoms with E-state index in [1.807, 2.05) is 11.8 Å². The van der Waals surface area contributed by atoms with Gasteiger partial charge in [0.05, 0.1) is 11.6 Å². The fraction of sp³-hybridized carbons (Fsp3) is 0.692. The molecule has 0 spiro atoms. The minimum atomic E-state index is -0.720. The topological polar surface area (TPSA) is 50.2 Å². The van der Waals surface area contributed by atoms with E-state index in [1.165, 1.54) is 4.88 Å². The molecule has 1 aliphatic carbocycles. The van der Waals surface area contributed by atoms with Crippen LogP contribution in [-0.2, 0) is 17.0 Å². The number of hydrogen-bond donors (Lipinski definition) is 1. The van der Waals surface area contributed by atoms with E-state index in [4.69, 9.17) is 0 Å². The zero-order valence-corrected chi connectivity index (χ0v) is 12.4. The van der Waals surface area contributed by atoms with Crippen molar-refractivity contribution in [1.29, 1.82) is 0 Å². The molecule has 0 aromatic carbocycles. The van der Waals surface area contributed by atoms with Crippen LogP contribution in [0.3, 0.4) is 0 Å². The molecule has 0 fully saturated rings. The van der Waals surface area contributed by atoms with E-state index in [0.29, 0.717) is 5.92 Å². The van der Waals surface area contributed by atoms with Crippen molar-refractivity contribution in [3.8, 4) is 0 Å². The van der Waals surface area contributed by atoms with Crippen LogP contribution < -0.4 is 0 Å². The number of carboxylic acids is 1. The molecule has 0 radical (unpaired) electrons. The number of thioether (sulfide) groups is 1. The number of aliphatic carboxylic acids is 1. The Morgan fingerprint density at radius 3 is 3.06 bits per heavy atom. The monoisotopic (exact) mass is 285 g/mol. The minimum absolute atomic E-state index is 0.367. The number of nitrogens with zero attached hydrogens (tertiary/aromatic N) is 1. The first-order chi connectivity index (χ1) is 8.58. The molecule has 1 aliphatic rings. The molecular formula is C13H19NO2S2. The van der Waals surface area contributed by atoms with Crippen molar-refractivity contribution in [3.63, 3.8) is 0 Å². The van der Waals surface area contributed by atoms with Crippen molar-refractivity contribution in [2.45, 2.75) is 44.8 Å². The number of hydrogen-bond acceptors (Lipinski definition) is 4.